The molecule has 7 aromatic rings. The molecule has 73 heavy (non-hydrogen) atoms. The Bertz CT molecular complexity index is 3250. The molecule has 0 saturated carbocycles. The highest BCUT2D eigenvalue weighted by Gasteiger charge is 2.75. The molecule has 1 aromatic heterocycles. The van der Waals surface area contributed by atoms with Gasteiger partial charge in [-0.25, -0.2) is 19.5 Å². The van der Waals surface area contributed by atoms with Crippen molar-refractivity contribution in [3.8, 4) is 17.6 Å². The maximum Gasteiger partial charge on any atom is 0.329 e. The van der Waals surface area contributed by atoms with E-state index in [1.807, 2.05) is 127 Å². The van der Waals surface area contributed by atoms with E-state index in [2.05, 4.69) is 27.4 Å². The Kier molecular flexibility index (Phi) is 13.4. The van der Waals surface area contributed by atoms with Crippen molar-refractivity contribution in [2.24, 2.45) is 11.8 Å². The molecule has 4 heterocycles. The third kappa shape index (κ3) is 8.88. The fourth-order valence-corrected chi connectivity index (χ4v) is 11.7. The normalized spacial score (nSPS) is 21.6. The van der Waals surface area contributed by atoms with E-state index in [1.54, 1.807) is 44.2 Å². The first-order valence-electron chi connectivity index (χ1n) is 24.0. The molecule has 10 rings (SSSR count). The standard InChI is InChI=1S/C58H52N6O8S/c1-35(2)47(53(67)71-4)60-57(70)63-44-31-26-36(19-16-32-62(3)34-37-17-8-5-9-18-37)33-42(44)58(55(63)69)46(52(66)61-56-59-43-24-14-15-25-45(43)73-56)49-54(68)72-50(39-22-12-7-13-23-39)48(38-20-10-6-11-21-38)64(49)51(58)40-27-29-41(65)30-28-40/h5-15,17-18,20-31,33,35,46-51,65H,32,34H2,1-4H3,(H,60,70)(H,59,61,66)/t46-,47+,48-,49-,50+,51+,58-/m1/s1. The number of rotatable bonds is 11. The second-order valence-corrected chi connectivity index (χ2v) is 19.9. The van der Waals surface area contributed by atoms with E-state index >= 15 is 19.2 Å². The van der Waals surface area contributed by atoms with Crippen LogP contribution in [-0.2, 0) is 40.6 Å². The molecular weight excluding hydrogens is 941 g/mol. The molecule has 2 saturated heterocycles. The molecule has 7 atom stereocenters. The number of morpholine rings is 1. The number of esters is 2. The first-order chi connectivity index (χ1) is 35.4. The number of aromatic nitrogens is 1. The highest BCUT2D eigenvalue weighted by atomic mass is 32.1. The zero-order valence-corrected chi connectivity index (χ0v) is 41.3. The molecule has 3 aliphatic rings. The molecule has 1 spiro atoms. The topological polar surface area (TPSA) is 171 Å². The van der Waals surface area contributed by atoms with E-state index in [4.69, 9.17) is 14.5 Å². The van der Waals surface area contributed by atoms with Gasteiger partial charge in [0.15, 0.2) is 5.13 Å². The monoisotopic (exact) mass is 992 g/mol. The van der Waals surface area contributed by atoms with Crippen LogP contribution in [0, 0.1) is 23.7 Å². The molecule has 0 aliphatic carbocycles. The third-order valence-electron chi connectivity index (χ3n) is 14.0. The number of ether oxygens (including phenoxy) is 2. The molecule has 15 heteroatoms. The number of methoxy groups -OCH3 is 1. The fourth-order valence-electron chi connectivity index (χ4n) is 10.8. The lowest BCUT2D eigenvalue weighted by molar-refractivity contribution is -0.177. The van der Waals surface area contributed by atoms with E-state index in [9.17, 15) is 9.90 Å². The van der Waals surface area contributed by atoms with Crippen molar-refractivity contribution in [3.63, 3.8) is 0 Å². The number of carbonyl (C=O) groups is 5. The summed E-state index contributed by atoms with van der Waals surface area (Å²) in [6.07, 6.45) is -0.956. The number of para-hydroxylation sites is 1. The van der Waals surface area contributed by atoms with Gasteiger partial charge in [-0.3, -0.25) is 24.2 Å². The van der Waals surface area contributed by atoms with E-state index in [1.165, 1.54) is 30.6 Å². The zero-order valence-electron chi connectivity index (χ0n) is 40.5. The number of fused-ring (bicyclic) bond motifs is 4. The van der Waals surface area contributed by atoms with Crippen LogP contribution >= 0.6 is 11.3 Å². The van der Waals surface area contributed by atoms with Gasteiger partial charge in [0.25, 0.3) is 0 Å². The first-order valence-corrected chi connectivity index (χ1v) is 24.8. The second kappa shape index (κ2) is 20.2. The minimum atomic E-state index is -2.13. The number of hydrogen-bond acceptors (Lipinski definition) is 12. The van der Waals surface area contributed by atoms with Crippen LogP contribution in [0.5, 0.6) is 5.75 Å². The highest BCUT2D eigenvalue weighted by Crippen LogP contribution is 2.66. The Morgan fingerprint density at radius 1 is 0.836 bits per heavy atom. The Labute approximate surface area is 426 Å². The van der Waals surface area contributed by atoms with Gasteiger partial charge in [-0.15, -0.1) is 0 Å². The molecule has 4 amide bonds. The molecule has 3 N–H and O–H groups in total. The van der Waals surface area contributed by atoms with Gasteiger partial charge in [-0.05, 0) is 83.2 Å². The Hall–Kier alpha value is -8.16. The maximum atomic E-state index is 16.7. The van der Waals surface area contributed by atoms with Gasteiger partial charge in [0.1, 0.15) is 29.4 Å². The van der Waals surface area contributed by atoms with Crippen LogP contribution in [0.15, 0.2) is 158 Å². The highest BCUT2D eigenvalue weighted by molar-refractivity contribution is 7.22. The van der Waals surface area contributed by atoms with Crippen LogP contribution in [0.3, 0.4) is 0 Å². The number of cyclic esters (lactones) is 1. The number of thiazole rings is 1. The number of phenolic OH excluding ortho intramolecular Hbond substituents is 1. The van der Waals surface area contributed by atoms with Crippen LogP contribution < -0.4 is 15.5 Å². The zero-order chi connectivity index (χ0) is 51.0. The van der Waals surface area contributed by atoms with E-state index in [0.29, 0.717) is 35.3 Å². The van der Waals surface area contributed by atoms with Gasteiger partial charge in [0.05, 0.1) is 47.6 Å². The number of nitrogens with one attached hydrogen (secondary N) is 2. The number of carbonyl (C=O) groups excluding carboxylic acids is 5. The van der Waals surface area contributed by atoms with Gasteiger partial charge < -0.3 is 25.2 Å². The predicted octanol–water partition coefficient (Wildman–Crippen LogP) is 8.70. The predicted molar refractivity (Wildman–Crippen MR) is 277 cm³/mol. The number of anilines is 2. The lowest BCUT2D eigenvalue weighted by Gasteiger charge is -2.46. The Morgan fingerprint density at radius 3 is 2.16 bits per heavy atom. The third-order valence-corrected chi connectivity index (χ3v) is 14.9. The van der Waals surface area contributed by atoms with Gasteiger partial charge >= 0.3 is 18.0 Å². The lowest BCUT2D eigenvalue weighted by Crippen LogP contribution is -2.57. The van der Waals surface area contributed by atoms with Crippen LogP contribution in [-0.4, -0.2) is 82.5 Å². The molecule has 14 nitrogen and oxygen atoms in total. The summed E-state index contributed by atoms with van der Waals surface area (Å²) in [6.45, 7) is 4.49. The first kappa shape index (κ1) is 48.5. The van der Waals surface area contributed by atoms with Crippen molar-refractivity contribution >= 4 is 62.2 Å². The van der Waals surface area contributed by atoms with E-state index in [0.717, 1.165) is 20.7 Å². The number of imide groups is 1. The van der Waals surface area contributed by atoms with Crippen molar-refractivity contribution in [2.75, 3.05) is 30.9 Å². The van der Waals surface area contributed by atoms with E-state index < -0.39 is 77.3 Å². The number of benzene rings is 6. The minimum absolute atomic E-state index is 0.0613. The molecule has 2 fully saturated rings. The number of hydrogen-bond donors (Lipinski definition) is 3. The smallest absolute Gasteiger partial charge is 0.329 e. The summed E-state index contributed by atoms with van der Waals surface area (Å²) < 4.78 is 12.5. The Balaban J connectivity index is 1.23. The molecular formula is C58H52N6O8S. The van der Waals surface area contributed by atoms with Crippen LogP contribution in [0.2, 0.25) is 0 Å². The average Bonchev–Trinajstić information content (AvgIpc) is 4.04. The largest absolute Gasteiger partial charge is 0.508 e. The summed E-state index contributed by atoms with van der Waals surface area (Å²) in [5, 5.41) is 16.9. The quantitative estimate of drug-likeness (QED) is 0.0837. The SMILES string of the molecule is COC(=O)[C@@H](NC(=O)N1C(=O)[C@@]2(c3cc(C#CCN(C)Cc4ccccc4)ccc31)[C@H](c1ccc(O)cc1)N1[C@H](c3ccccc3)[C@H](c3ccccc3)OC(=O)[C@H]1[C@@H]2C(=O)Nc1nc2ccccc2s1)C(C)C. The molecule has 0 unspecified atom stereocenters. The molecule has 368 valence electrons. The molecule has 0 radical (unpaired) electrons. The van der Waals surface area contributed by atoms with Crippen LogP contribution in [0.4, 0.5) is 15.6 Å². The fraction of sp³-hybridized carbons (Fsp3) is 0.241. The minimum Gasteiger partial charge on any atom is -0.508 e. The summed E-state index contributed by atoms with van der Waals surface area (Å²) in [4.78, 5) is 86.3. The average molecular weight is 993 g/mol. The van der Waals surface area contributed by atoms with Crippen LogP contribution in [0.1, 0.15) is 65.4 Å². The van der Waals surface area contributed by atoms with Gasteiger partial charge in [0, 0.05) is 12.1 Å². The van der Waals surface area contributed by atoms with Crippen molar-refractivity contribution < 1.29 is 38.6 Å². The summed E-state index contributed by atoms with van der Waals surface area (Å²) >= 11 is 1.23. The summed E-state index contributed by atoms with van der Waals surface area (Å²) in [5.41, 5.74) is 2.29. The van der Waals surface area contributed by atoms with Crippen molar-refractivity contribution in [2.45, 2.75) is 56.1 Å². The molecule has 0 bridgehead atoms. The van der Waals surface area contributed by atoms with Crippen LogP contribution in [0.25, 0.3) is 10.2 Å². The number of nitrogens with zero attached hydrogens (tertiary/aromatic N) is 4. The van der Waals surface area contributed by atoms with Crippen molar-refractivity contribution in [3.05, 3.63) is 191 Å². The van der Waals surface area contributed by atoms with Gasteiger partial charge in [-0.1, -0.05) is 152 Å². The van der Waals surface area contributed by atoms with Gasteiger partial charge in [-0.2, -0.15) is 0 Å². The summed E-state index contributed by atoms with van der Waals surface area (Å²) in [5.74, 6) is 1.36. The lowest BCUT2D eigenvalue weighted by atomic mass is 9.65. The number of amides is 4. The summed E-state index contributed by atoms with van der Waals surface area (Å²) in [6, 6.07) is 41.9. The number of phenols is 1. The van der Waals surface area contributed by atoms with Crippen molar-refractivity contribution in [1.82, 2.24) is 20.1 Å². The molecule has 6 aromatic carbocycles. The number of aromatic hydroxyl groups is 1. The number of urea groups is 1. The molecule has 3 aliphatic heterocycles. The van der Waals surface area contributed by atoms with Crippen molar-refractivity contribution in [1.29, 1.82) is 0 Å². The van der Waals surface area contributed by atoms with E-state index in [-0.39, 0.29) is 22.1 Å². The second-order valence-electron chi connectivity index (χ2n) is 18.9. The Morgan fingerprint density at radius 2 is 1.49 bits per heavy atom. The summed E-state index contributed by atoms with van der Waals surface area (Å²) in [7, 11) is 3.18. The van der Waals surface area contributed by atoms with Gasteiger partial charge in [0.2, 0.25) is 11.8 Å². The maximum absolute atomic E-state index is 16.7.